The van der Waals surface area contributed by atoms with Crippen molar-refractivity contribution in [3.8, 4) is 10.6 Å². The molecule has 20 heavy (non-hydrogen) atoms. The Labute approximate surface area is 125 Å². The molecule has 0 aromatic carbocycles. The third-order valence-corrected chi connectivity index (χ3v) is 4.93. The summed E-state index contributed by atoms with van der Waals surface area (Å²) in [5.41, 5.74) is 4.46. The highest BCUT2D eigenvalue weighted by Crippen LogP contribution is 2.25. The van der Waals surface area contributed by atoms with Crippen molar-refractivity contribution in [3.63, 3.8) is 0 Å². The second kappa shape index (κ2) is 6.47. The van der Waals surface area contributed by atoms with Crippen molar-refractivity contribution in [2.24, 2.45) is 0 Å². The van der Waals surface area contributed by atoms with Crippen LogP contribution in [0.25, 0.3) is 10.6 Å². The second-order valence-electron chi connectivity index (χ2n) is 4.88. The molecule has 1 saturated carbocycles. The Kier molecular flexibility index (Phi) is 4.44. The minimum absolute atomic E-state index is 0.126. The molecule has 0 aliphatic heterocycles. The number of aromatic nitrogens is 1. The highest BCUT2D eigenvalue weighted by atomic mass is 32.1. The minimum Gasteiger partial charge on any atom is -0.272 e. The highest BCUT2D eigenvalue weighted by molar-refractivity contribution is 7.14. The van der Waals surface area contributed by atoms with E-state index in [1.807, 2.05) is 16.8 Å². The average Bonchev–Trinajstić information content (AvgIpc) is 3.18. The Bertz CT molecular complexity index is 560. The molecule has 1 aliphatic carbocycles. The lowest BCUT2D eigenvalue weighted by atomic mass is 10.3. The van der Waals surface area contributed by atoms with Crippen LogP contribution in [0.15, 0.2) is 22.2 Å². The van der Waals surface area contributed by atoms with Gasteiger partial charge in [0.15, 0.2) is 0 Å². The van der Waals surface area contributed by atoms with Gasteiger partial charge >= 0.3 is 0 Å². The molecule has 0 bridgehead atoms. The fourth-order valence-corrected chi connectivity index (χ4v) is 3.79. The van der Waals surface area contributed by atoms with Gasteiger partial charge in [0.05, 0.1) is 18.2 Å². The normalized spacial score (nSPS) is 15.6. The topological polar surface area (TPSA) is 51.2 Å². The fraction of sp³-hybridized carbons (Fsp3) is 0.429. The summed E-state index contributed by atoms with van der Waals surface area (Å²) in [5.74, 6) is -0.126. The van der Waals surface area contributed by atoms with Crippen molar-refractivity contribution >= 4 is 28.6 Å². The summed E-state index contributed by atoms with van der Waals surface area (Å²) in [6, 6.07) is 2.04. The lowest BCUT2D eigenvalue weighted by Crippen LogP contribution is -2.29. The van der Waals surface area contributed by atoms with Crippen molar-refractivity contribution in [2.75, 3.05) is 0 Å². The summed E-state index contributed by atoms with van der Waals surface area (Å²) in [6.07, 6.45) is 4.93. The van der Waals surface area contributed by atoms with E-state index in [0.717, 1.165) is 29.1 Å². The van der Waals surface area contributed by atoms with Crippen LogP contribution in [0.2, 0.25) is 0 Å². The molecule has 1 fully saturated rings. The fourth-order valence-electron chi connectivity index (χ4n) is 2.26. The maximum atomic E-state index is 11.8. The zero-order valence-electron chi connectivity index (χ0n) is 11.0. The van der Waals surface area contributed by atoms with Crippen LogP contribution in [0.1, 0.15) is 31.4 Å². The maximum Gasteiger partial charge on any atom is 0.249 e. The molecule has 0 unspecified atom stereocenters. The van der Waals surface area contributed by atoms with E-state index >= 15 is 0 Å². The summed E-state index contributed by atoms with van der Waals surface area (Å²) in [6.45, 7) is 0. The predicted molar refractivity (Wildman–Crippen MR) is 80.6 cm³/mol. The van der Waals surface area contributed by atoms with E-state index in [2.05, 4.69) is 15.8 Å². The Morgan fingerprint density at radius 3 is 3.00 bits per heavy atom. The Morgan fingerprint density at radius 2 is 2.25 bits per heavy atom. The molecule has 1 amide bonds. The van der Waals surface area contributed by atoms with E-state index in [0.29, 0.717) is 0 Å². The summed E-state index contributed by atoms with van der Waals surface area (Å²) in [7, 11) is 0. The Hall–Kier alpha value is -1.24. The van der Waals surface area contributed by atoms with Gasteiger partial charge in [-0.2, -0.15) is 11.3 Å². The predicted octanol–water partition coefficient (Wildman–Crippen LogP) is 3.40. The number of nitrogens with zero attached hydrogens (tertiary/aromatic N) is 1. The van der Waals surface area contributed by atoms with E-state index in [1.165, 1.54) is 12.8 Å². The average molecular weight is 308 g/mol. The Morgan fingerprint density at radius 1 is 1.40 bits per heavy atom. The zero-order valence-corrected chi connectivity index (χ0v) is 12.6. The van der Waals surface area contributed by atoms with Crippen molar-refractivity contribution in [3.05, 3.63) is 27.9 Å². The first kappa shape index (κ1) is 13.7. The standard InChI is InChI=1S/C14H16N2O2S2/c17-13(16-18-12-3-1-2-4-12)7-11-9-20-14(15-11)10-5-6-19-8-10/h5-6,8-9,12H,1-4,7H2,(H,16,17). The number of rotatable bonds is 5. The number of hydrogen-bond acceptors (Lipinski definition) is 5. The largest absolute Gasteiger partial charge is 0.272 e. The molecular weight excluding hydrogens is 292 g/mol. The van der Waals surface area contributed by atoms with Crippen LogP contribution in [0.5, 0.6) is 0 Å². The van der Waals surface area contributed by atoms with E-state index in [9.17, 15) is 4.79 Å². The molecular formula is C14H16N2O2S2. The van der Waals surface area contributed by atoms with Crippen LogP contribution in [0, 0.1) is 0 Å². The number of hydrogen-bond donors (Lipinski definition) is 1. The van der Waals surface area contributed by atoms with Crippen LogP contribution in [-0.4, -0.2) is 17.0 Å². The summed E-state index contributed by atoms with van der Waals surface area (Å²) in [5, 5.41) is 6.98. The minimum atomic E-state index is -0.126. The smallest absolute Gasteiger partial charge is 0.249 e. The van der Waals surface area contributed by atoms with Gasteiger partial charge in [-0.15, -0.1) is 11.3 Å². The molecule has 2 heterocycles. The van der Waals surface area contributed by atoms with E-state index in [1.54, 1.807) is 22.7 Å². The van der Waals surface area contributed by atoms with Crippen LogP contribution < -0.4 is 5.48 Å². The lowest BCUT2D eigenvalue weighted by Gasteiger charge is -2.10. The zero-order chi connectivity index (χ0) is 13.8. The highest BCUT2D eigenvalue weighted by Gasteiger charge is 2.17. The molecule has 2 aromatic heterocycles. The first-order chi connectivity index (χ1) is 9.81. The molecule has 0 spiro atoms. The molecule has 0 atom stereocenters. The summed E-state index contributed by atoms with van der Waals surface area (Å²) in [4.78, 5) is 21.7. The third kappa shape index (κ3) is 3.45. The molecule has 1 N–H and O–H groups in total. The lowest BCUT2D eigenvalue weighted by molar-refractivity contribution is -0.137. The van der Waals surface area contributed by atoms with Gasteiger partial charge in [0, 0.05) is 16.3 Å². The maximum absolute atomic E-state index is 11.8. The van der Waals surface area contributed by atoms with Crippen LogP contribution in [0.3, 0.4) is 0 Å². The molecule has 6 heteroatoms. The van der Waals surface area contributed by atoms with Gasteiger partial charge in [0.1, 0.15) is 5.01 Å². The van der Waals surface area contributed by atoms with Crippen molar-refractivity contribution < 1.29 is 9.63 Å². The third-order valence-electron chi connectivity index (χ3n) is 3.30. The first-order valence-electron chi connectivity index (χ1n) is 6.73. The van der Waals surface area contributed by atoms with Crippen LogP contribution in [0.4, 0.5) is 0 Å². The van der Waals surface area contributed by atoms with Gasteiger partial charge in [0.2, 0.25) is 5.91 Å². The van der Waals surface area contributed by atoms with Crippen LogP contribution in [-0.2, 0) is 16.1 Å². The van der Waals surface area contributed by atoms with E-state index < -0.39 is 0 Å². The summed E-state index contributed by atoms with van der Waals surface area (Å²) >= 11 is 3.21. The molecule has 106 valence electrons. The Balaban J connectivity index is 1.51. The van der Waals surface area contributed by atoms with Gasteiger partial charge in [-0.1, -0.05) is 12.8 Å². The number of hydroxylamine groups is 1. The molecule has 0 radical (unpaired) electrons. The second-order valence-corrected chi connectivity index (χ2v) is 6.52. The number of amides is 1. The number of nitrogens with one attached hydrogen (secondary N) is 1. The monoisotopic (exact) mass is 308 g/mol. The molecule has 0 saturated heterocycles. The van der Waals surface area contributed by atoms with Gasteiger partial charge < -0.3 is 0 Å². The molecule has 1 aliphatic rings. The summed E-state index contributed by atoms with van der Waals surface area (Å²) < 4.78 is 0. The molecule has 3 rings (SSSR count). The number of carbonyl (C=O) groups is 1. The quantitative estimate of drug-likeness (QED) is 0.861. The molecule has 2 aromatic rings. The van der Waals surface area contributed by atoms with Crippen molar-refractivity contribution in [1.82, 2.24) is 10.5 Å². The van der Waals surface area contributed by atoms with Crippen molar-refractivity contribution in [2.45, 2.75) is 38.2 Å². The van der Waals surface area contributed by atoms with E-state index in [-0.39, 0.29) is 18.4 Å². The van der Waals surface area contributed by atoms with Crippen LogP contribution >= 0.6 is 22.7 Å². The van der Waals surface area contributed by atoms with Gasteiger partial charge in [-0.3, -0.25) is 9.63 Å². The van der Waals surface area contributed by atoms with Gasteiger partial charge in [-0.25, -0.2) is 10.5 Å². The van der Waals surface area contributed by atoms with Crippen molar-refractivity contribution in [1.29, 1.82) is 0 Å². The van der Waals surface area contributed by atoms with E-state index in [4.69, 9.17) is 4.84 Å². The van der Waals surface area contributed by atoms with Gasteiger partial charge in [-0.05, 0) is 24.3 Å². The molecule has 4 nitrogen and oxygen atoms in total. The number of carbonyl (C=O) groups excluding carboxylic acids is 1. The number of thiophene rings is 1. The SMILES string of the molecule is O=C(Cc1csc(-c2ccsc2)n1)NOC1CCCC1. The first-order valence-corrected chi connectivity index (χ1v) is 8.55. The van der Waals surface area contributed by atoms with Gasteiger partial charge in [0.25, 0.3) is 0 Å². The number of thiazole rings is 1.